The van der Waals surface area contributed by atoms with E-state index in [9.17, 15) is 0 Å². The molecule has 0 bridgehead atoms. The highest BCUT2D eigenvalue weighted by atomic mass is 15.4. The Kier molecular flexibility index (Phi) is 3.63. The first kappa shape index (κ1) is 12.0. The third-order valence-corrected chi connectivity index (χ3v) is 4.91. The average Bonchev–Trinajstić information content (AvgIpc) is 2.12. The van der Waals surface area contributed by atoms with Gasteiger partial charge in [-0.3, -0.25) is 0 Å². The highest BCUT2D eigenvalue weighted by molar-refractivity contribution is 4.78. The summed E-state index contributed by atoms with van der Waals surface area (Å²) in [6.45, 7) is 14.8. The third kappa shape index (κ3) is 1.98. The largest absolute Gasteiger partial charge is 0.323 e. The van der Waals surface area contributed by atoms with Crippen molar-refractivity contribution in [3.05, 3.63) is 0 Å². The van der Waals surface area contributed by atoms with Gasteiger partial charge in [-0.1, -0.05) is 27.7 Å². The molecule has 1 saturated heterocycles. The molecule has 5 atom stereocenters. The van der Waals surface area contributed by atoms with Crippen LogP contribution in [0, 0.1) is 17.8 Å². The summed E-state index contributed by atoms with van der Waals surface area (Å²) < 4.78 is 1.29. The van der Waals surface area contributed by atoms with Crippen molar-refractivity contribution in [3.63, 3.8) is 0 Å². The Bertz CT molecular complexity index is 190. The molecule has 5 unspecified atom stereocenters. The zero-order valence-corrected chi connectivity index (χ0v) is 10.9. The normalized spacial score (nSPS) is 49.3. The molecule has 14 heavy (non-hydrogen) atoms. The molecule has 1 aliphatic heterocycles. The standard InChI is InChI=1S/C13H28N/c1-7-8-14(6)9-10(2)11(3)12(4)13(14)5/h10-13H,7-9H2,1-6H3/q+1. The maximum atomic E-state index is 2.45. The number of quaternary nitrogens is 1. The van der Waals surface area contributed by atoms with Crippen molar-refractivity contribution in [2.45, 2.75) is 47.1 Å². The molecule has 0 amide bonds. The Morgan fingerprint density at radius 3 is 2.14 bits per heavy atom. The van der Waals surface area contributed by atoms with Crippen LogP contribution < -0.4 is 0 Å². The highest BCUT2D eigenvalue weighted by Crippen LogP contribution is 2.36. The number of piperidine rings is 1. The van der Waals surface area contributed by atoms with Crippen molar-refractivity contribution in [2.24, 2.45) is 17.8 Å². The smallest absolute Gasteiger partial charge is 0.0888 e. The summed E-state index contributed by atoms with van der Waals surface area (Å²) >= 11 is 0. The van der Waals surface area contributed by atoms with Crippen molar-refractivity contribution in [1.29, 1.82) is 0 Å². The van der Waals surface area contributed by atoms with E-state index in [1.54, 1.807) is 0 Å². The minimum absolute atomic E-state index is 0.834. The van der Waals surface area contributed by atoms with Crippen molar-refractivity contribution < 1.29 is 4.48 Å². The van der Waals surface area contributed by atoms with Gasteiger partial charge in [0.25, 0.3) is 0 Å². The molecule has 0 aromatic rings. The fourth-order valence-corrected chi connectivity index (χ4v) is 3.32. The molecule has 0 aromatic heterocycles. The first-order valence-electron chi connectivity index (χ1n) is 6.26. The van der Waals surface area contributed by atoms with Crippen LogP contribution in [-0.4, -0.2) is 30.7 Å². The molecule has 1 rings (SSSR count). The second-order valence-corrected chi connectivity index (χ2v) is 5.82. The molecule has 1 heteroatoms. The topological polar surface area (TPSA) is 0 Å². The molecule has 0 radical (unpaired) electrons. The molecular weight excluding hydrogens is 170 g/mol. The van der Waals surface area contributed by atoms with Crippen LogP contribution in [0.4, 0.5) is 0 Å². The molecule has 0 saturated carbocycles. The molecule has 1 aliphatic rings. The summed E-state index contributed by atoms with van der Waals surface area (Å²) in [6.07, 6.45) is 1.31. The Morgan fingerprint density at radius 1 is 1.07 bits per heavy atom. The quantitative estimate of drug-likeness (QED) is 0.598. The fraction of sp³-hybridized carbons (Fsp3) is 1.00. The summed E-state index contributed by atoms with van der Waals surface area (Å²) in [5, 5.41) is 0. The Hall–Kier alpha value is -0.0400. The number of nitrogens with zero attached hydrogens (tertiary/aromatic N) is 1. The summed E-state index contributed by atoms with van der Waals surface area (Å²) in [6, 6.07) is 0.834. The molecule has 0 spiro atoms. The second kappa shape index (κ2) is 4.22. The van der Waals surface area contributed by atoms with Gasteiger partial charge in [-0.05, 0) is 19.3 Å². The summed E-state index contributed by atoms with van der Waals surface area (Å²) in [4.78, 5) is 0. The van der Waals surface area contributed by atoms with Crippen LogP contribution >= 0.6 is 0 Å². The molecule has 0 aliphatic carbocycles. The molecule has 1 fully saturated rings. The van der Waals surface area contributed by atoms with E-state index in [0.29, 0.717) is 0 Å². The van der Waals surface area contributed by atoms with Gasteiger partial charge in [0.15, 0.2) is 0 Å². The zero-order chi connectivity index (χ0) is 10.9. The first-order chi connectivity index (χ1) is 6.42. The monoisotopic (exact) mass is 198 g/mol. The maximum Gasteiger partial charge on any atom is 0.0888 e. The van der Waals surface area contributed by atoms with E-state index >= 15 is 0 Å². The van der Waals surface area contributed by atoms with E-state index in [1.807, 2.05) is 0 Å². The van der Waals surface area contributed by atoms with Crippen LogP contribution in [0.1, 0.15) is 41.0 Å². The lowest BCUT2D eigenvalue weighted by Gasteiger charge is -2.51. The highest BCUT2D eigenvalue weighted by Gasteiger charge is 2.43. The molecule has 84 valence electrons. The zero-order valence-electron chi connectivity index (χ0n) is 10.9. The number of hydrogen-bond acceptors (Lipinski definition) is 0. The van der Waals surface area contributed by atoms with Crippen LogP contribution in [0.5, 0.6) is 0 Å². The van der Waals surface area contributed by atoms with Gasteiger partial charge < -0.3 is 4.48 Å². The van der Waals surface area contributed by atoms with E-state index in [2.05, 4.69) is 41.7 Å². The lowest BCUT2D eigenvalue weighted by molar-refractivity contribution is -0.945. The van der Waals surface area contributed by atoms with Crippen molar-refractivity contribution >= 4 is 0 Å². The Balaban J connectivity index is 2.79. The van der Waals surface area contributed by atoms with E-state index in [0.717, 1.165) is 23.8 Å². The van der Waals surface area contributed by atoms with Gasteiger partial charge >= 0.3 is 0 Å². The second-order valence-electron chi connectivity index (χ2n) is 5.82. The predicted molar refractivity (Wildman–Crippen MR) is 63.2 cm³/mol. The molecule has 0 aromatic carbocycles. The maximum absolute atomic E-state index is 2.45. The van der Waals surface area contributed by atoms with E-state index in [-0.39, 0.29) is 0 Å². The van der Waals surface area contributed by atoms with Crippen LogP contribution in [0.15, 0.2) is 0 Å². The van der Waals surface area contributed by atoms with Crippen molar-refractivity contribution in [1.82, 2.24) is 0 Å². The average molecular weight is 198 g/mol. The molecular formula is C13H28N+. The number of likely N-dealkylation sites (tertiary alicyclic amines) is 1. The number of hydrogen-bond donors (Lipinski definition) is 0. The van der Waals surface area contributed by atoms with Gasteiger partial charge in [0.1, 0.15) is 0 Å². The van der Waals surface area contributed by atoms with Gasteiger partial charge in [-0.25, -0.2) is 0 Å². The number of rotatable bonds is 2. The predicted octanol–water partition coefficient (Wildman–Crippen LogP) is 3.15. The van der Waals surface area contributed by atoms with Crippen LogP contribution in [0.25, 0.3) is 0 Å². The minimum Gasteiger partial charge on any atom is -0.323 e. The van der Waals surface area contributed by atoms with Gasteiger partial charge in [-0.2, -0.15) is 0 Å². The van der Waals surface area contributed by atoms with Crippen LogP contribution in [-0.2, 0) is 0 Å². The van der Waals surface area contributed by atoms with Gasteiger partial charge in [0.05, 0.1) is 26.2 Å². The summed E-state index contributed by atoms with van der Waals surface area (Å²) in [5.41, 5.74) is 0. The van der Waals surface area contributed by atoms with Gasteiger partial charge in [-0.15, -0.1) is 0 Å². The van der Waals surface area contributed by atoms with Crippen molar-refractivity contribution in [3.8, 4) is 0 Å². The summed E-state index contributed by atoms with van der Waals surface area (Å²) in [7, 11) is 2.45. The third-order valence-electron chi connectivity index (χ3n) is 4.91. The molecule has 1 nitrogen and oxygen atoms in total. The first-order valence-corrected chi connectivity index (χ1v) is 6.26. The molecule has 1 heterocycles. The van der Waals surface area contributed by atoms with Gasteiger partial charge in [0, 0.05) is 11.8 Å². The molecule has 0 N–H and O–H groups in total. The Labute approximate surface area is 90.1 Å². The minimum atomic E-state index is 0.834. The lowest BCUT2D eigenvalue weighted by atomic mass is 9.75. The lowest BCUT2D eigenvalue weighted by Crippen LogP contribution is -2.61. The van der Waals surface area contributed by atoms with E-state index in [1.165, 1.54) is 24.0 Å². The van der Waals surface area contributed by atoms with E-state index in [4.69, 9.17) is 0 Å². The van der Waals surface area contributed by atoms with E-state index < -0.39 is 0 Å². The van der Waals surface area contributed by atoms with Crippen LogP contribution in [0.3, 0.4) is 0 Å². The fourth-order valence-electron chi connectivity index (χ4n) is 3.32. The van der Waals surface area contributed by atoms with Gasteiger partial charge in [0.2, 0.25) is 0 Å². The van der Waals surface area contributed by atoms with Crippen LogP contribution in [0.2, 0.25) is 0 Å². The SMILES string of the molecule is CCC[N+]1(C)CC(C)C(C)C(C)C1C. The Morgan fingerprint density at radius 2 is 1.64 bits per heavy atom. The van der Waals surface area contributed by atoms with Crippen molar-refractivity contribution in [2.75, 3.05) is 20.1 Å². The summed E-state index contributed by atoms with van der Waals surface area (Å²) in [5.74, 6) is 2.65.